The van der Waals surface area contributed by atoms with Crippen LogP contribution in [0.5, 0.6) is 5.88 Å². The van der Waals surface area contributed by atoms with Crippen LogP contribution in [0.15, 0.2) is 52.7 Å². The lowest BCUT2D eigenvalue weighted by molar-refractivity contribution is 0.459. The van der Waals surface area contributed by atoms with E-state index in [0.717, 1.165) is 10.9 Å². The minimum atomic E-state index is -0.0213. The Balaban J connectivity index is 2.03. The lowest BCUT2D eigenvalue weighted by Gasteiger charge is -1.93. The molecule has 0 aliphatic heterocycles. The highest BCUT2D eigenvalue weighted by Crippen LogP contribution is 2.35. The van der Waals surface area contributed by atoms with Crippen molar-refractivity contribution in [3.05, 3.63) is 47.6 Å². The maximum Gasteiger partial charge on any atom is 0.218 e. The molecule has 2 heterocycles. The number of pyridine rings is 1. The van der Waals surface area contributed by atoms with Gasteiger partial charge in [0.15, 0.2) is 11.5 Å². The Kier molecular flexibility index (Phi) is 2.89. The molecule has 0 spiro atoms. The number of H-pyrrole nitrogens is 1. The third-order valence-electron chi connectivity index (χ3n) is 2.61. The molecule has 0 aliphatic carbocycles. The van der Waals surface area contributed by atoms with Gasteiger partial charge in [-0.25, -0.2) is 4.98 Å². The third kappa shape index (κ3) is 2.28. The predicted octanol–water partition coefficient (Wildman–Crippen LogP) is 4.34. The van der Waals surface area contributed by atoms with Crippen molar-refractivity contribution in [3.63, 3.8) is 0 Å². The van der Waals surface area contributed by atoms with Crippen LogP contribution in [0.4, 0.5) is 11.5 Å². The number of nitrogens with one attached hydrogen (secondary N) is 1. The molecule has 5 nitrogen and oxygen atoms in total. The second-order valence-corrected chi connectivity index (χ2v) is 4.27. The number of azo groups is 1. The van der Waals surface area contributed by atoms with E-state index in [2.05, 4.69) is 20.2 Å². The minimum Gasteiger partial charge on any atom is -0.493 e. The molecular formula is C13H9ClN4O. The van der Waals surface area contributed by atoms with Gasteiger partial charge in [-0.2, -0.15) is 0 Å². The molecule has 0 atom stereocenters. The molecule has 2 N–H and O–H groups in total. The van der Waals surface area contributed by atoms with Gasteiger partial charge in [0, 0.05) is 5.39 Å². The van der Waals surface area contributed by atoms with Crippen molar-refractivity contribution in [1.82, 2.24) is 9.97 Å². The van der Waals surface area contributed by atoms with Gasteiger partial charge in [-0.15, -0.1) is 10.2 Å². The Morgan fingerprint density at radius 1 is 1.05 bits per heavy atom. The lowest BCUT2D eigenvalue weighted by Crippen LogP contribution is -1.72. The molecule has 6 heteroatoms. The number of halogens is 1. The summed E-state index contributed by atoms with van der Waals surface area (Å²) in [5, 5.41) is 19.0. The molecule has 0 amide bonds. The van der Waals surface area contributed by atoms with E-state index in [0.29, 0.717) is 16.7 Å². The summed E-state index contributed by atoms with van der Waals surface area (Å²) in [6.07, 6.45) is 0. The van der Waals surface area contributed by atoms with Crippen LogP contribution in [0.3, 0.4) is 0 Å². The molecule has 2 aromatic heterocycles. The molecule has 3 rings (SSSR count). The largest absolute Gasteiger partial charge is 0.493 e. The Morgan fingerprint density at radius 3 is 2.74 bits per heavy atom. The van der Waals surface area contributed by atoms with Gasteiger partial charge in [0.1, 0.15) is 5.15 Å². The van der Waals surface area contributed by atoms with Gasteiger partial charge in [-0.05, 0) is 18.2 Å². The summed E-state index contributed by atoms with van der Waals surface area (Å²) in [7, 11) is 0. The van der Waals surface area contributed by atoms with Crippen molar-refractivity contribution in [1.29, 1.82) is 0 Å². The number of aromatic nitrogens is 2. The highest BCUT2D eigenvalue weighted by Gasteiger charge is 2.09. The molecule has 0 fully saturated rings. The summed E-state index contributed by atoms with van der Waals surface area (Å²) in [5.74, 6) is 0.365. The summed E-state index contributed by atoms with van der Waals surface area (Å²) in [4.78, 5) is 6.83. The average Bonchev–Trinajstić information content (AvgIpc) is 2.72. The van der Waals surface area contributed by atoms with E-state index in [9.17, 15) is 5.11 Å². The summed E-state index contributed by atoms with van der Waals surface area (Å²) in [6.45, 7) is 0. The summed E-state index contributed by atoms with van der Waals surface area (Å²) >= 11 is 5.76. The fourth-order valence-corrected chi connectivity index (χ4v) is 1.93. The zero-order chi connectivity index (χ0) is 13.2. The number of aromatic amines is 1. The van der Waals surface area contributed by atoms with Crippen molar-refractivity contribution in [3.8, 4) is 5.88 Å². The minimum absolute atomic E-state index is 0.0213. The second kappa shape index (κ2) is 4.70. The van der Waals surface area contributed by atoms with Crippen LogP contribution in [0.2, 0.25) is 5.15 Å². The first-order valence-corrected chi connectivity index (χ1v) is 5.96. The van der Waals surface area contributed by atoms with Crippen LogP contribution in [-0.4, -0.2) is 15.1 Å². The van der Waals surface area contributed by atoms with E-state index in [1.165, 1.54) is 0 Å². The maximum absolute atomic E-state index is 9.81. The highest BCUT2D eigenvalue weighted by molar-refractivity contribution is 6.29. The zero-order valence-corrected chi connectivity index (χ0v) is 10.5. The lowest BCUT2D eigenvalue weighted by atomic mass is 10.2. The number of fused-ring (bicyclic) bond motifs is 1. The van der Waals surface area contributed by atoms with Gasteiger partial charge in [-0.1, -0.05) is 35.9 Å². The molecule has 0 bridgehead atoms. The van der Waals surface area contributed by atoms with E-state index in [4.69, 9.17) is 11.6 Å². The fraction of sp³-hybridized carbons (Fsp3) is 0. The van der Waals surface area contributed by atoms with Crippen molar-refractivity contribution in [2.45, 2.75) is 0 Å². The van der Waals surface area contributed by atoms with E-state index in [1.807, 2.05) is 24.3 Å². The van der Waals surface area contributed by atoms with Crippen molar-refractivity contribution < 1.29 is 5.11 Å². The summed E-state index contributed by atoms with van der Waals surface area (Å²) < 4.78 is 0. The summed E-state index contributed by atoms with van der Waals surface area (Å²) in [5.41, 5.74) is 1.19. The number of aromatic hydroxyl groups is 1. The monoisotopic (exact) mass is 272 g/mol. The summed E-state index contributed by atoms with van der Waals surface area (Å²) in [6, 6.07) is 12.5. The number of para-hydroxylation sites is 1. The standard InChI is InChI=1S/C13H9ClN4O/c14-10-6-3-7-11(16-10)17-18-12-8-4-1-2-5-9(8)15-13(12)19/h1-7,15,19H. The molecule has 1 aromatic carbocycles. The van der Waals surface area contributed by atoms with Gasteiger partial charge in [0.05, 0.1) is 5.52 Å². The quantitative estimate of drug-likeness (QED) is 0.538. The number of benzene rings is 1. The van der Waals surface area contributed by atoms with E-state index in [-0.39, 0.29) is 5.88 Å². The number of hydrogen-bond acceptors (Lipinski definition) is 4. The molecule has 0 unspecified atom stereocenters. The van der Waals surface area contributed by atoms with Gasteiger partial charge in [0.25, 0.3) is 0 Å². The van der Waals surface area contributed by atoms with Crippen molar-refractivity contribution in [2.24, 2.45) is 10.2 Å². The van der Waals surface area contributed by atoms with Crippen LogP contribution in [-0.2, 0) is 0 Å². The number of nitrogens with zero attached hydrogens (tertiary/aromatic N) is 3. The van der Waals surface area contributed by atoms with E-state index < -0.39 is 0 Å². The van der Waals surface area contributed by atoms with Crippen molar-refractivity contribution in [2.75, 3.05) is 0 Å². The van der Waals surface area contributed by atoms with Crippen LogP contribution in [0.25, 0.3) is 10.9 Å². The molecule has 94 valence electrons. The zero-order valence-electron chi connectivity index (χ0n) is 9.71. The molecule has 3 aromatic rings. The normalized spacial score (nSPS) is 11.4. The maximum atomic E-state index is 9.81. The van der Waals surface area contributed by atoms with E-state index in [1.54, 1.807) is 18.2 Å². The van der Waals surface area contributed by atoms with Crippen LogP contribution in [0, 0.1) is 0 Å². The Morgan fingerprint density at radius 2 is 1.89 bits per heavy atom. The van der Waals surface area contributed by atoms with Gasteiger partial charge >= 0.3 is 0 Å². The Labute approximate surface area is 113 Å². The molecule has 0 radical (unpaired) electrons. The first-order chi connectivity index (χ1) is 9.24. The SMILES string of the molecule is Oc1[nH]c2ccccc2c1N=Nc1cccc(Cl)n1. The van der Waals surface area contributed by atoms with Crippen molar-refractivity contribution >= 4 is 34.0 Å². The van der Waals surface area contributed by atoms with E-state index >= 15 is 0 Å². The van der Waals surface area contributed by atoms with Gasteiger partial charge < -0.3 is 10.1 Å². The Hall–Kier alpha value is -2.40. The molecular weight excluding hydrogens is 264 g/mol. The first-order valence-electron chi connectivity index (χ1n) is 5.58. The first kappa shape index (κ1) is 11.7. The number of hydrogen-bond donors (Lipinski definition) is 2. The van der Waals surface area contributed by atoms with Gasteiger partial charge in [-0.3, -0.25) is 0 Å². The Bertz CT molecular complexity index is 766. The molecule has 0 aliphatic rings. The number of rotatable bonds is 2. The highest BCUT2D eigenvalue weighted by atomic mass is 35.5. The van der Waals surface area contributed by atoms with Gasteiger partial charge in [0.2, 0.25) is 5.88 Å². The predicted molar refractivity (Wildman–Crippen MR) is 73.4 cm³/mol. The fourth-order valence-electron chi connectivity index (χ4n) is 1.77. The van der Waals surface area contributed by atoms with Crippen LogP contribution >= 0.6 is 11.6 Å². The molecule has 0 saturated heterocycles. The second-order valence-electron chi connectivity index (χ2n) is 3.89. The third-order valence-corrected chi connectivity index (χ3v) is 2.82. The van der Waals surface area contributed by atoms with Crippen LogP contribution < -0.4 is 0 Å². The molecule has 19 heavy (non-hydrogen) atoms. The average molecular weight is 273 g/mol. The molecule has 0 saturated carbocycles. The smallest absolute Gasteiger partial charge is 0.218 e. The van der Waals surface area contributed by atoms with Crippen LogP contribution in [0.1, 0.15) is 0 Å². The topological polar surface area (TPSA) is 73.6 Å².